The number of anilines is 1. The van der Waals surface area contributed by atoms with Gasteiger partial charge >= 0.3 is 5.97 Å². The van der Waals surface area contributed by atoms with Crippen molar-refractivity contribution in [2.24, 2.45) is 0 Å². The molecule has 0 atom stereocenters. The van der Waals surface area contributed by atoms with Crippen molar-refractivity contribution in [3.63, 3.8) is 0 Å². The van der Waals surface area contributed by atoms with Gasteiger partial charge in [0.2, 0.25) is 15.9 Å². The molecule has 0 bridgehead atoms. The minimum Gasteiger partial charge on any atom is -0.480 e. The Bertz CT molecular complexity index is 598. The van der Waals surface area contributed by atoms with E-state index < -0.39 is 28.4 Å². The first kappa shape index (κ1) is 16.9. The third kappa shape index (κ3) is 5.79. The second-order valence-electron chi connectivity index (χ2n) is 4.05. The van der Waals surface area contributed by atoms with Crippen LogP contribution in [0.25, 0.3) is 0 Å². The predicted molar refractivity (Wildman–Crippen MR) is 76.4 cm³/mol. The molecule has 0 aliphatic carbocycles. The lowest BCUT2D eigenvalue weighted by Gasteiger charge is -2.08. The van der Waals surface area contributed by atoms with Crippen LogP contribution in [0.3, 0.4) is 0 Å². The van der Waals surface area contributed by atoms with E-state index in [9.17, 15) is 18.0 Å². The number of benzene rings is 1. The number of rotatable bonds is 8. The zero-order chi connectivity index (χ0) is 15.9. The van der Waals surface area contributed by atoms with Gasteiger partial charge in [-0.1, -0.05) is 6.92 Å². The highest BCUT2D eigenvalue weighted by atomic mass is 32.2. The Labute approximate surface area is 122 Å². The highest BCUT2D eigenvalue weighted by molar-refractivity contribution is 7.89. The van der Waals surface area contributed by atoms with E-state index in [4.69, 9.17) is 5.11 Å². The molecule has 0 aliphatic heterocycles. The van der Waals surface area contributed by atoms with Crippen LogP contribution in [0.1, 0.15) is 6.92 Å². The van der Waals surface area contributed by atoms with Gasteiger partial charge in [-0.05, 0) is 24.3 Å². The summed E-state index contributed by atoms with van der Waals surface area (Å²) in [5.41, 5.74) is 0.552. The topological polar surface area (TPSA) is 125 Å². The summed E-state index contributed by atoms with van der Waals surface area (Å²) in [5.74, 6) is -1.59. The number of aliphatic carboxylic acids is 1. The van der Waals surface area contributed by atoms with Gasteiger partial charge in [0.25, 0.3) is 0 Å². The molecule has 0 aliphatic rings. The summed E-state index contributed by atoms with van der Waals surface area (Å²) < 4.78 is 25.8. The van der Waals surface area contributed by atoms with E-state index in [1.54, 1.807) is 6.92 Å². The Morgan fingerprint density at radius 1 is 1.14 bits per heavy atom. The lowest BCUT2D eigenvalue weighted by molar-refractivity contribution is -0.137. The van der Waals surface area contributed by atoms with E-state index in [2.05, 4.69) is 15.4 Å². The minimum absolute atomic E-state index is 0.105. The number of hydrogen-bond donors (Lipinski definition) is 4. The first-order valence-corrected chi connectivity index (χ1v) is 7.65. The van der Waals surface area contributed by atoms with Crippen molar-refractivity contribution >= 4 is 27.6 Å². The largest absolute Gasteiger partial charge is 0.480 e. The van der Waals surface area contributed by atoms with Crippen LogP contribution < -0.4 is 15.4 Å². The molecular formula is C12H17N3O5S. The Kier molecular flexibility index (Phi) is 6.12. The van der Waals surface area contributed by atoms with Crippen LogP contribution >= 0.6 is 0 Å². The quantitative estimate of drug-likeness (QED) is 0.517. The van der Waals surface area contributed by atoms with E-state index in [1.165, 1.54) is 24.3 Å². The smallest absolute Gasteiger partial charge is 0.322 e. The van der Waals surface area contributed by atoms with Crippen LogP contribution in [0.4, 0.5) is 5.69 Å². The average molecular weight is 315 g/mol. The summed E-state index contributed by atoms with van der Waals surface area (Å²) in [6, 6.07) is 5.87. The molecule has 4 N–H and O–H groups in total. The van der Waals surface area contributed by atoms with E-state index in [0.717, 1.165) is 0 Å². The molecule has 0 heterocycles. The van der Waals surface area contributed by atoms with Crippen molar-refractivity contribution in [2.75, 3.05) is 25.0 Å². The molecule has 0 unspecified atom stereocenters. The number of nitrogens with one attached hydrogen (secondary N) is 3. The summed E-state index contributed by atoms with van der Waals surface area (Å²) in [5, 5.41) is 13.4. The third-order valence-corrected chi connectivity index (χ3v) is 3.95. The van der Waals surface area contributed by atoms with Gasteiger partial charge < -0.3 is 15.7 Å². The predicted octanol–water partition coefficient (Wildman–Crippen LogP) is -0.402. The van der Waals surface area contributed by atoms with Crippen LogP contribution in [0.15, 0.2) is 29.2 Å². The molecule has 0 spiro atoms. The molecule has 0 saturated carbocycles. The Balaban J connectivity index is 2.55. The average Bonchev–Trinajstić information content (AvgIpc) is 2.43. The number of carboxylic acids is 1. The summed E-state index contributed by atoms with van der Waals surface area (Å²) in [4.78, 5) is 21.7. The zero-order valence-electron chi connectivity index (χ0n) is 11.4. The third-order valence-electron chi connectivity index (χ3n) is 2.39. The van der Waals surface area contributed by atoms with Crippen molar-refractivity contribution < 1.29 is 23.1 Å². The fourth-order valence-electron chi connectivity index (χ4n) is 1.44. The fourth-order valence-corrected chi connectivity index (χ4v) is 2.49. The van der Waals surface area contributed by atoms with Gasteiger partial charge in [-0.25, -0.2) is 13.1 Å². The van der Waals surface area contributed by atoms with Crippen molar-refractivity contribution in [1.29, 1.82) is 0 Å². The Hall–Kier alpha value is -2.13. The van der Waals surface area contributed by atoms with Crippen molar-refractivity contribution in [3.05, 3.63) is 24.3 Å². The number of hydrogen-bond acceptors (Lipinski definition) is 5. The van der Waals surface area contributed by atoms with E-state index >= 15 is 0 Å². The van der Waals surface area contributed by atoms with Crippen molar-refractivity contribution in [3.8, 4) is 0 Å². The number of amides is 1. The molecular weight excluding hydrogens is 298 g/mol. The van der Waals surface area contributed by atoms with Crippen LogP contribution in [-0.4, -0.2) is 45.0 Å². The standard InChI is InChI=1S/C12H17N3O5S/c1-2-15-21(19,20)10-5-3-9(4-6-10)13-7-11(16)14-8-12(17)18/h3-6,13,15H,2,7-8H2,1H3,(H,14,16)(H,17,18). The minimum atomic E-state index is -3.50. The summed E-state index contributed by atoms with van der Waals surface area (Å²) in [6.07, 6.45) is 0. The zero-order valence-corrected chi connectivity index (χ0v) is 12.2. The number of carbonyl (C=O) groups excluding carboxylic acids is 1. The second kappa shape index (κ2) is 7.60. The molecule has 0 saturated heterocycles. The van der Waals surface area contributed by atoms with Crippen molar-refractivity contribution in [1.82, 2.24) is 10.0 Å². The first-order valence-electron chi connectivity index (χ1n) is 6.17. The highest BCUT2D eigenvalue weighted by Gasteiger charge is 2.12. The fraction of sp³-hybridized carbons (Fsp3) is 0.333. The van der Waals surface area contributed by atoms with E-state index in [0.29, 0.717) is 12.2 Å². The molecule has 1 amide bonds. The molecule has 0 fully saturated rings. The molecule has 8 nitrogen and oxygen atoms in total. The van der Waals surface area contributed by atoms with Crippen LogP contribution in [-0.2, 0) is 19.6 Å². The Morgan fingerprint density at radius 2 is 1.76 bits per heavy atom. The SMILES string of the molecule is CCNS(=O)(=O)c1ccc(NCC(=O)NCC(=O)O)cc1. The molecule has 0 aromatic heterocycles. The molecule has 116 valence electrons. The van der Waals surface area contributed by atoms with Gasteiger partial charge in [0.05, 0.1) is 11.4 Å². The van der Waals surface area contributed by atoms with E-state index in [1.807, 2.05) is 0 Å². The van der Waals surface area contributed by atoms with Gasteiger partial charge in [0.1, 0.15) is 6.54 Å². The normalized spacial score (nSPS) is 10.9. The number of carbonyl (C=O) groups is 2. The van der Waals surface area contributed by atoms with E-state index in [-0.39, 0.29) is 11.4 Å². The highest BCUT2D eigenvalue weighted by Crippen LogP contribution is 2.13. The number of carboxylic acid groups (broad SMARTS) is 1. The molecule has 1 aromatic rings. The van der Waals surface area contributed by atoms with Gasteiger partial charge in [-0.3, -0.25) is 9.59 Å². The molecule has 9 heteroatoms. The lowest BCUT2D eigenvalue weighted by Crippen LogP contribution is -2.33. The van der Waals surface area contributed by atoms with Gasteiger partial charge in [-0.2, -0.15) is 0 Å². The second-order valence-corrected chi connectivity index (χ2v) is 5.82. The van der Waals surface area contributed by atoms with Crippen LogP contribution in [0.5, 0.6) is 0 Å². The first-order chi connectivity index (χ1) is 9.85. The van der Waals surface area contributed by atoms with Crippen LogP contribution in [0.2, 0.25) is 0 Å². The molecule has 21 heavy (non-hydrogen) atoms. The summed E-state index contributed by atoms with van der Waals surface area (Å²) >= 11 is 0. The van der Waals surface area contributed by atoms with Crippen LogP contribution in [0, 0.1) is 0 Å². The van der Waals surface area contributed by atoms with Gasteiger partial charge in [0.15, 0.2) is 0 Å². The summed E-state index contributed by atoms with van der Waals surface area (Å²) in [7, 11) is -3.50. The molecule has 1 rings (SSSR count). The summed E-state index contributed by atoms with van der Waals surface area (Å²) in [6.45, 7) is 1.43. The molecule has 0 radical (unpaired) electrons. The maximum Gasteiger partial charge on any atom is 0.322 e. The monoisotopic (exact) mass is 315 g/mol. The maximum absolute atomic E-state index is 11.7. The Morgan fingerprint density at radius 3 is 2.29 bits per heavy atom. The molecule has 1 aromatic carbocycles. The number of sulfonamides is 1. The van der Waals surface area contributed by atoms with Crippen molar-refractivity contribution in [2.45, 2.75) is 11.8 Å². The lowest BCUT2D eigenvalue weighted by atomic mass is 10.3. The van der Waals surface area contributed by atoms with Gasteiger partial charge in [0, 0.05) is 12.2 Å². The van der Waals surface area contributed by atoms with Gasteiger partial charge in [-0.15, -0.1) is 0 Å². The maximum atomic E-state index is 11.7.